The average Bonchev–Trinajstić information content (AvgIpc) is 2.28. The van der Waals surface area contributed by atoms with Gasteiger partial charge < -0.3 is 5.32 Å². The fourth-order valence-corrected chi connectivity index (χ4v) is 1.41. The fourth-order valence-electron chi connectivity index (χ4n) is 1.41. The summed E-state index contributed by atoms with van der Waals surface area (Å²) in [5.41, 5.74) is 3.74. The second-order valence-corrected chi connectivity index (χ2v) is 3.50. The van der Waals surface area contributed by atoms with Crippen molar-refractivity contribution in [2.24, 2.45) is 5.84 Å². The zero-order valence-electron chi connectivity index (χ0n) is 9.24. The lowest BCUT2D eigenvalue weighted by atomic mass is 10.3. The topological polar surface area (TPSA) is 75.9 Å². The quantitative estimate of drug-likeness (QED) is 0.558. The van der Waals surface area contributed by atoms with Crippen LogP contribution in [0.15, 0.2) is 30.3 Å². The zero-order valence-corrected chi connectivity index (χ0v) is 9.24. The van der Waals surface area contributed by atoms with Crippen molar-refractivity contribution in [3.8, 4) is 0 Å². The third kappa shape index (κ3) is 2.88. The molecule has 0 aliphatic carbocycles. The minimum Gasteiger partial charge on any atom is -0.340 e. The van der Waals surface area contributed by atoms with Gasteiger partial charge in [0.25, 0.3) is 0 Å². The van der Waals surface area contributed by atoms with Gasteiger partial charge in [0.05, 0.1) is 0 Å². The first-order chi connectivity index (χ1) is 8.17. The predicted octanol–water partition coefficient (Wildman–Crippen LogP) is 1.95. The monoisotopic (exact) mass is 233 g/mol. The largest absolute Gasteiger partial charge is 0.340 e. The SMILES string of the molecule is Cc1cc(Nc2cccc(F)c2)nc(NN)n1. The fraction of sp³-hybridized carbons (Fsp3) is 0.0909. The van der Waals surface area contributed by atoms with E-state index < -0.39 is 0 Å². The molecule has 5 nitrogen and oxygen atoms in total. The van der Waals surface area contributed by atoms with Crippen molar-refractivity contribution in [2.75, 3.05) is 10.7 Å². The first-order valence-electron chi connectivity index (χ1n) is 5.02. The summed E-state index contributed by atoms with van der Waals surface area (Å²) in [6, 6.07) is 7.87. The molecule has 4 N–H and O–H groups in total. The van der Waals surface area contributed by atoms with E-state index >= 15 is 0 Å². The van der Waals surface area contributed by atoms with E-state index in [-0.39, 0.29) is 5.82 Å². The second kappa shape index (κ2) is 4.75. The molecule has 1 aromatic carbocycles. The number of anilines is 3. The molecule has 0 fully saturated rings. The Morgan fingerprint density at radius 1 is 1.24 bits per heavy atom. The third-order valence-corrected chi connectivity index (χ3v) is 2.08. The van der Waals surface area contributed by atoms with Gasteiger partial charge in [0.2, 0.25) is 5.95 Å². The summed E-state index contributed by atoms with van der Waals surface area (Å²) in [4.78, 5) is 8.15. The van der Waals surface area contributed by atoms with Gasteiger partial charge in [-0.25, -0.2) is 15.2 Å². The second-order valence-electron chi connectivity index (χ2n) is 3.50. The smallest absolute Gasteiger partial charge is 0.239 e. The molecule has 0 amide bonds. The number of hydrazine groups is 1. The standard InChI is InChI=1S/C11H12FN5/c1-7-5-10(16-11(14-7)17-13)15-9-4-2-3-8(12)6-9/h2-6H,13H2,1H3,(H2,14,15,16,17). The van der Waals surface area contributed by atoms with E-state index in [0.717, 1.165) is 5.69 Å². The van der Waals surface area contributed by atoms with Gasteiger partial charge >= 0.3 is 0 Å². The van der Waals surface area contributed by atoms with Crippen molar-refractivity contribution < 1.29 is 4.39 Å². The van der Waals surface area contributed by atoms with E-state index in [1.165, 1.54) is 12.1 Å². The van der Waals surface area contributed by atoms with Crippen LogP contribution >= 0.6 is 0 Å². The van der Waals surface area contributed by atoms with Gasteiger partial charge in [-0.1, -0.05) is 6.07 Å². The molecule has 0 radical (unpaired) electrons. The molecule has 0 spiro atoms. The molecular formula is C11H12FN5. The molecule has 88 valence electrons. The van der Waals surface area contributed by atoms with Crippen LogP contribution in [0.25, 0.3) is 0 Å². The van der Waals surface area contributed by atoms with E-state index in [4.69, 9.17) is 5.84 Å². The summed E-state index contributed by atoms with van der Waals surface area (Å²) in [5, 5.41) is 2.97. The number of nitrogens with zero attached hydrogens (tertiary/aromatic N) is 2. The molecule has 0 saturated heterocycles. The van der Waals surface area contributed by atoms with Crippen molar-refractivity contribution in [3.05, 3.63) is 41.8 Å². The van der Waals surface area contributed by atoms with E-state index in [1.807, 2.05) is 6.92 Å². The maximum Gasteiger partial charge on any atom is 0.239 e. The minimum absolute atomic E-state index is 0.307. The Bertz CT molecular complexity index is 529. The maximum atomic E-state index is 13.0. The van der Waals surface area contributed by atoms with Crippen LogP contribution in [-0.2, 0) is 0 Å². The number of nitrogen functional groups attached to an aromatic ring is 1. The number of aromatic nitrogens is 2. The summed E-state index contributed by atoms with van der Waals surface area (Å²) < 4.78 is 13.0. The Hall–Kier alpha value is -2.21. The summed E-state index contributed by atoms with van der Waals surface area (Å²) in [6.45, 7) is 1.82. The van der Waals surface area contributed by atoms with E-state index in [0.29, 0.717) is 17.5 Å². The lowest BCUT2D eigenvalue weighted by Gasteiger charge is -2.08. The van der Waals surface area contributed by atoms with Crippen LogP contribution in [0.1, 0.15) is 5.69 Å². The molecule has 0 bridgehead atoms. The number of halogens is 1. The molecule has 1 heterocycles. The molecule has 0 aliphatic heterocycles. The van der Waals surface area contributed by atoms with Crippen LogP contribution in [0.4, 0.5) is 21.8 Å². The molecule has 0 atom stereocenters. The molecule has 6 heteroatoms. The number of nitrogens with one attached hydrogen (secondary N) is 2. The number of benzene rings is 1. The Labute approximate surface area is 97.9 Å². The lowest BCUT2D eigenvalue weighted by Crippen LogP contribution is -2.11. The summed E-state index contributed by atoms with van der Waals surface area (Å²) in [7, 11) is 0. The average molecular weight is 233 g/mol. The Kier molecular flexibility index (Phi) is 3.15. The number of aryl methyl sites for hydroxylation is 1. The van der Waals surface area contributed by atoms with Gasteiger partial charge in [-0.05, 0) is 25.1 Å². The third-order valence-electron chi connectivity index (χ3n) is 2.08. The molecular weight excluding hydrogens is 221 g/mol. The molecule has 0 aliphatic rings. The first kappa shape index (κ1) is 11.3. The van der Waals surface area contributed by atoms with Gasteiger partial charge in [0.1, 0.15) is 11.6 Å². The van der Waals surface area contributed by atoms with Crippen molar-refractivity contribution in [1.29, 1.82) is 0 Å². The van der Waals surface area contributed by atoms with Gasteiger partial charge in [-0.3, -0.25) is 5.43 Å². The number of nitrogens with two attached hydrogens (primary N) is 1. The van der Waals surface area contributed by atoms with E-state index in [9.17, 15) is 4.39 Å². The molecule has 1 aromatic heterocycles. The Morgan fingerprint density at radius 3 is 2.76 bits per heavy atom. The van der Waals surface area contributed by atoms with Crippen LogP contribution in [0.3, 0.4) is 0 Å². The highest BCUT2D eigenvalue weighted by atomic mass is 19.1. The molecule has 0 unspecified atom stereocenters. The predicted molar refractivity (Wildman–Crippen MR) is 64.3 cm³/mol. The van der Waals surface area contributed by atoms with Crippen LogP contribution in [0.5, 0.6) is 0 Å². The van der Waals surface area contributed by atoms with Crippen LogP contribution < -0.4 is 16.6 Å². The summed E-state index contributed by atoms with van der Waals surface area (Å²) >= 11 is 0. The van der Waals surface area contributed by atoms with Crippen LogP contribution in [0.2, 0.25) is 0 Å². The highest BCUT2D eigenvalue weighted by Gasteiger charge is 2.02. The van der Waals surface area contributed by atoms with Crippen molar-refractivity contribution >= 4 is 17.5 Å². The van der Waals surface area contributed by atoms with Crippen molar-refractivity contribution in [3.63, 3.8) is 0 Å². The number of hydrogen-bond acceptors (Lipinski definition) is 5. The van der Waals surface area contributed by atoms with Gasteiger partial charge in [0.15, 0.2) is 0 Å². The summed E-state index contributed by atoms with van der Waals surface area (Å²) in [6.07, 6.45) is 0. The van der Waals surface area contributed by atoms with E-state index in [1.54, 1.807) is 18.2 Å². The molecule has 0 saturated carbocycles. The normalized spacial score (nSPS) is 10.1. The number of hydrogen-bond donors (Lipinski definition) is 3. The van der Waals surface area contributed by atoms with Gasteiger partial charge in [-0.15, -0.1) is 0 Å². The Morgan fingerprint density at radius 2 is 2.06 bits per heavy atom. The van der Waals surface area contributed by atoms with Gasteiger partial charge in [-0.2, -0.15) is 4.98 Å². The van der Waals surface area contributed by atoms with Crippen LogP contribution in [-0.4, -0.2) is 9.97 Å². The van der Waals surface area contributed by atoms with Gasteiger partial charge in [0, 0.05) is 17.4 Å². The maximum absolute atomic E-state index is 13.0. The van der Waals surface area contributed by atoms with E-state index in [2.05, 4.69) is 20.7 Å². The Balaban J connectivity index is 2.26. The molecule has 2 aromatic rings. The minimum atomic E-state index is -0.307. The highest BCUT2D eigenvalue weighted by molar-refractivity contribution is 5.57. The van der Waals surface area contributed by atoms with Crippen molar-refractivity contribution in [1.82, 2.24) is 9.97 Å². The molecule has 17 heavy (non-hydrogen) atoms. The first-order valence-corrected chi connectivity index (χ1v) is 5.02. The summed E-state index contributed by atoms with van der Waals surface area (Å²) in [5.74, 6) is 5.80. The molecule has 2 rings (SSSR count). The lowest BCUT2D eigenvalue weighted by molar-refractivity contribution is 0.628. The zero-order chi connectivity index (χ0) is 12.3. The number of rotatable bonds is 3. The van der Waals surface area contributed by atoms with Crippen molar-refractivity contribution in [2.45, 2.75) is 6.92 Å². The highest BCUT2D eigenvalue weighted by Crippen LogP contribution is 2.17. The van der Waals surface area contributed by atoms with Crippen LogP contribution in [0, 0.1) is 12.7 Å².